The summed E-state index contributed by atoms with van der Waals surface area (Å²) in [5, 5.41) is 16.9. The number of rotatable bonds is 5. The number of aliphatic hydroxyl groups excluding tert-OH is 1. The summed E-state index contributed by atoms with van der Waals surface area (Å²) >= 11 is 12.6. The Morgan fingerprint density at radius 3 is 2.53 bits per heavy atom. The van der Waals surface area contributed by atoms with Crippen LogP contribution in [0, 0.1) is 17.2 Å². The van der Waals surface area contributed by atoms with Crippen LogP contribution in [0.3, 0.4) is 0 Å². The van der Waals surface area contributed by atoms with Crippen LogP contribution in [0.2, 0.25) is 10.0 Å². The molecule has 5 nitrogen and oxygen atoms in total. The third kappa shape index (κ3) is 4.78. The first-order valence-corrected chi connectivity index (χ1v) is 14.2. The first kappa shape index (κ1) is 27.6. The second-order valence-corrected chi connectivity index (χ2v) is 13.3. The number of amides is 1. The Bertz CT molecular complexity index is 1250. The molecule has 204 valence electrons. The van der Waals surface area contributed by atoms with Gasteiger partial charge in [0.15, 0.2) is 5.78 Å². The van der Waals surface area contributed by atoms with E-state index >= 15 is 4.39 Å². The number of nitrogens with one attached hydrogen (secondary N) is 2. The van der Waals surface area contributed by atoms with Gasteiger partial charge in [-0.25, -0.2) is 4.39 Å². The average Bonchev–Trinajstić information content (AvgIpc) is 3.31. The molecular formula is C30H35Cl2FN2O3. The van der Waals surface area contributed by atoms with Crippen molar-refractivity contribution in [3.05, 3.63) is 63.4 Å². The van der Waals surface area contributed by atoms with Gasteiger partial charge in [0, 0.05) is 29.1 Å². The molecule has 0 unspecified atom stereocenters. The molecule has 2 aromatic carbocycles. The highest BCUT2D eigenvalue weighted by Gasteiger charge is 2.66. The molecule has 38 heavy (non-hydrogen) atoms. The summed E-state index contributed by atoms with van der Waals surface area (Å²) in [6.07, 6.45) is 3.48. The van der Waals surface area contributed by atoms with E-state index in [2.05, 4.69) is 31.4 Å². The van der Waals surface area contributed by atoms with Gasteiger partial charge in [-0.1, -0.05) is 62.2 Å². The smallest absolute Gasteiger partial charge is 0.237 e. The molecule has 1 spiro atoms. The number of halogens is 3. The monoisotopic (exact) mass is 560 g/mol. The van der Waals surface area contributed by atoms with Gasteiger partial charge in [-0.2, -0.15) is 0 Å². The lowest BCUT2D eigenvalue weighted by Gasteiger charge is -2.38. The van der Waals surface area contributed by atoms with Gasteiger partial charge in [-0.05, 0) is 72.8 Å². The van der Waals surface area contributed by atoms with E-state index in [9.17, 15) is 14.7 Å². The van der Waals surface area contributed by atoms with Crippen molar-refractivity contribution >= 4 is 40.6 Å². The lowest BCUT2D eigenvalue weighted by Crippen LogP contribution is -2.49. The van der Waals surface area contributed by atoms with Crippen molar-refractivity contribution in [2.24, 2.45) is 11.3 Å². The molecule has 0 bridgehead atoms. The number of hydrogen-bond donors (Lipinski definition) is 3. The average molecular weight is 562 g/mol. The lowest BCUT2D eigenvalue weighted by atomic mass is 9.62. The SMILES string of the molecule is CC(C)(C)C[C@H]1N[C@@H](C(=O)CC2CCC(O)CC2)[C@H](c2cccc(Cl)c2F)[C@]12C(=O)Nc1cc(Cl)ccc12. The quantitative estimate of drug-likeness (QED) is 0.395. The van der Waals surface area contributed by atoms with Gasteiger partial charge in [-0.15, -0.1) is 0 Å². The first-order chi connectivity index (χ1) is 17.9. The topological polar surface area (TPSA) is 78.4 Å². The van der Waals surface area contributed by atoms with Gasteiger partial charge in [-0.3, -0.25) is 9.59 Å². The van der Waals surface area contributed by atoms with E-state index < -0.39 is 29.2 Å². The number of fused-ring (bicyclic) bond motifs is 2. The summed E-state index contributed by atoms with van der Waals surface area (Å²) in [7, 11) is 0. The molecule has 3 N–H and O–H groups in total. The first-order valence-electron chi connectivity index (χ1n) is 13.4. The summed E-state index contributed by atoms with van der Waals surface area (Å²) in [4.78, 5) is 28.2. The van der Waals surface area contributed by atoms with Crippen LogP contribution in [-0.4, -0.2) is 35.0 Å². The molecule has 0 aromatic heterocycles. The van der Waals surface area contributed by atoms with Crippen molar-refractivity contribution in [3.63, 3.8) is 0 Å². The van der Waals surface area contributed by atoms with E-state index in [4.69, 9.17) is 23.2 Å². The number of aliphatic hydroxyl groups is 1. The Morgan fingerprint density at radius 1 is 1.13 bits per heavy atom. The molecule has 1 aliphatic carbocycles. The predicted molar refractivity (Wildman–Crippen MR) is 148 cm³/mol. The fourth-order valence-electron chi connectivity index (χ4n) is 6.96. The molecule has 2 heterocycles. The van der Waals surface area contributed by atoms with Crippen molar-refractivity contribution in [2.75, 3.05) is 5.32 Å². The number of Topliss-reactive ketones (excluding diaryl/α,β-unsaturated/α-hetero) is 1. The van der Waals surface area contributed by atoms with Crippen LogP contribution in [0.25, 0.3) is 0 Å². The minimum absolute atomic E-state index is 0.0400. The summed E-state index contributed by atoms with van der Waals surface area (Å²) in [5.74, 6) is -1.57. The Balaban J connectivity index is 1.67. The van der Waals surface area contributed by atoms with E-state index in [-0.39, 0.29) is 39.7 Å². The Labute approximate surface area is 233 Å². The van der Waals surface area contributed by atoms with Crippen LogP contribution >= 0.6 is 23.2 Å². The van der Waals surface area contributed by atoms with E-state index in [0.717, 1.165) is 12.8 Å². The molecule has 0 radical (unpaired) electrons. The van der Waals surface area contributed by atoms with E-state index in [1.54, 1.807) is 24.3 Å². The number of ketones is 1. The van der Waals surface area contributed by atoms with Gasteiger partial charge in [0.05, 0.1) is 17.2 Å². The Hall–Kier alpha value is -1.99. The van der Waals surface area contributed by atoms with Crippen molar-refractivity contribution in [1.82, 2.24) is 5.32 Å². The second-order valence-electron chi connectivity index (χ2n) is 12.4. The molecule has 2 aliphatic heterocycles. The second kappa shape index (κ2) is 10.2. The molecule has 1 saturated heterocycles. The van der Waals surface area contributed by atoms with Gasteiger partial charge in [0.1, 0.15) is 11.2 Å². The third-order valence-corrected chi connectivity index (χ3v) is 9.12. The fraction of sp³-hybridized carbons (Fsp3) is 0.533. The van der Waals surface area contributed by atoms with E-state index in [1.807, 2.05) is 6.07 Å². The summed E-state index contributed by atoms with van der Waals surface area (Å²) in [6, 6.07) is 8.87. The summed E-state index contributed by atoms with van der Waals surface area (Å²) in [5.41, 5.74) is 0.146. The summed E-state index contributed by atoms with van der Waals surface area (Å²) < 4.78 is 15.8. The van der Waals surface area contributed by atoms with Gasteiger partial charge < -0.3 is 15.7 Å². The molecular weight excluding hydrogens is 526 g/mol. The standard InChI is InChI=1S/C30H35Cl2FN2O3/c1-29(2,3)15-24-30(20-12-9-17(31)14-22(20)34-28(30)38)25(19-5-4-6-21(32)26(19)33)27(35-24)23(37)13-16-7-10-18(36)11-8-16/h4-6,9,12,14,16,18,24-25,27,35-36H,7-8,10-11,13,15H2,1-3H3,(H,34,38)/t16?,18?,24-,25+,27+,30-/m1/s1. The normalized spacial score (nSPS) is 30.9. The van der Waals surface area contributed by atoms with Crippen LogP contribution in [0.1, 0.15) is 76.3 Å². The van der Waals surface area contributed by atoms with Gasteiger partial charge >= 0.3 is 0 Å². The van der Waals surface area contributed by atoms with E-state index in [1.165, 1.54) is 6.07 Å². The van der Waals surface area contributed by atoms with Gasteiger partial charge in [0.25, 0.3) is 0 Å². The zero-order valence-corrected chi connectivity index (χ0v) is 23.5. The number of carbonyl (C=O) groups is 2. The van der Waals surface area contributed by atoms with Crippen molar-refractivity contribution in [3.8, 4) is 0 Å². The minimum atomic E-state index is -1.23. The highest BCUT2D eigenvalue weighted by Crippen LogP contribution is 2.57. The number of benzene rings is 2. The van der Waals surface area contributed by atoms with Crippen LogP contribution < -0.4 is 10.6 Å². The molecule has 2 aromatic rings. The third-order valence-electron chi connectivity index (χ3n) is 8.59. The summed E-state index contributed by atoms with van der Waals surface area (Å²) in [6.45, 7) is 6.28. The predicted octanol–water partition coefficient (Wildman–Crippen LogP) is 6.39. The van der Waals surface area contributed by atoms with Crippen LogP contribution in [-0.2, 0) is 15.0 Å². The maximum absolute atomic E-state index is 15.8. The highest BCUT2D eigenvalue weighted by molar-refractivity contribution is 6.31. The van der Waals surface area contributed by atoms with Crippen LogP contribution in [0.5, 0.6) is 0 Å². The molecule has 3 aliphatic rings. The highest BCUT2D eigenvalue weighted by atomic mass is 35.5. The maximum Gasteiger partial charge on any atom is 0.237 e. The van der Waals surface area contributed by atoms with Crippen LogP contribution in [0.4, 0.5) is 10.1 Å². The zero-order valence-electron chi connectivity index (χ0n) is 22.0. The number of carbonyl (C=O) groups excluding carboxylic acids is 2. The van der Waals surface area contributed by atoms with Crippen LogP contribution in [0.15, 0.2) is 36.4 Å². The lowest BCUT2D eigenvalue weighted by molar-refractivity contribution is -0.123. The van der Waals surface area contributed by atoms with Crippen molar-refractivity contribution in [2.45, 2.75) is 88.8 Å². The number of hydrogen-bond acceptors (Lipinski definition) is 4. The molecule has 1 amide bonds. The van der Waals surface area contributed by atoms with Crippen molar-refractivity contribution < 1.29 is 19.1 Å². The zero-order chi connectivity index (χ0) is 27.4. The minimum Gasteiger partial charge on any atom is -0.393 e. The maximum atomic E-state index is 15.8. The largest absolute Gasteiger partial charge is 0.393 e. The molecule has 1 saturated carbocycles. The number of anilines is 1. The Morgan fingerprint density at radius 2 is 1.84 bits per heavy atom. The molecule has 4 atom stereocenters. The molecule has 8 heteroatoms. The molecule has 2 fully saturated rings. The fourth-order valence-corrected chi connectivity index (χ4v) is 7.32. The Kier molecular flexibility index (Phi) is 7.40. The molecule has 5 rings (SSSR count). The van der Waals surface area contributed by atoms with E-state index in [0.29, 0.717) is 42.0 Å². The van der Waals surface area contributed by atoms with Crippen molar-refractivity contribution in [1.29, 1.82) is 0 Å². The van der Waals surface area contributed by atoms with Gasteiger partial charge in [0.2, 0.25) is 5.91 Å².